The fourth-order valence-corrected chi connectivity index (χ4v) is 3.52. The lowest BCUT2D eigenvalue weighted by molar-refractivity contribution is -0.137. The second-order valence-corrected chi connectivity index (χ2v) is 7.55. The molecule has 0 atom stereocenters. The van der Waals surface area contributed by atoms with Gasteiger partial charge in [0.05, 0.1) is 17.9 Å². The van der Waals surface area contributed by atoms with Gasteiger partial charge in [-0.05, 0) is 47.9 Å². The van der Waals surface area contributed by atoms with Crippen LogP contribution in [0.25, 0.3) is 5.57 Å². The third-order valence-corrected chi connectivity index (χ3v) is 5.28. The van der Waals surface area contributed by atoms with Crippen LogP contribution in [0, 0.1) is 0 Å². The Hall–Kier alpha value is -3.07. The van der Waals surface area contributed by atoms with Crippen molar-refractivity contribution in [1.29, 1.82) is 0 Å². The van der Waals surface area contributed by atoms with Crippen LogP contribution in [0.1, 0.15) is 23.6 Å². The van der Waals surface area contributed by atoms with Crippen molar-refractivity contribution in [3.8, 4) is 0 Å². The van der Waals surface area contributed by atoms with E-state index in [9.17, 15) is 27.6 Å². The van der Waals surface area contributed by atoms with Crippen LogP contribution in [0.15, 0.2) is 54.6 Å². The molecule has 1 aliphatic heterocycles. The molecule has 0 radical (unpaired) electrons. The van der Waals surface area contributed by atoms with Gasteiger partial charge in [-0.15, -0.1) is 0 Å². The number of carbonyl (C=O) groups is 3. The number of thioether (sulfide) groups is 1. The van der Waals surface area contributed by atoms with E-state index in [1.807, 2.05) is 0 Å². The number of allylic oxidation sites excluding steroid dienone is 1. The Morgan fingerprint density at radius 3 is 2.27 bits per heavy atom. The average Bonchev–Trinajstić information content (AvgIpc) is 3.01. The molecule has 0 spiro atoms. The first-order chi connectivity index (χ1) is 14.1. The maximum atomic E-state index is 12.6. The average molecular weight is 434 g/mol. The van der Waals surface area contributed by atoms with Crippen molar-refractivity contribution in [3.63, 3.8) is 0 Å². The molecule has 5 nitrogen and oxygen atoms in total. The lowest BCUT2D eigenvalue weighted by atomic mass is 10.0. The Kier molecular flexibility index (Phi) is 6.31. The molecule has 1 fully saturated rings. The van der Waals surface area contributed by atoms with Gasteiger partial charge in [0.15, 0.2) is 0 Å². The molecule has 0 saturated carbocycles. The quantitative estimate of drug-likeness (QED) is 0.677. The summed E-state index contributed by atoms with van der Waals surface area (Å²) in [6.07, 6.45) is -3.11. The summed E-state index contributed by atoms with van der Waals surface area (Å²) >= 11 is 0.968. The molecule has 0 unspecified atom stereocenters. The number of rotatable bonds is 5. The number of carbonyl (C=O) groups excluding carboxylic acids is 3. The Balaban J connectivity index is 1.61. The molecule has 1 N–H and O–H groups in total. The number of imide groups is 1. The summed E-state index contributed by atoms with van der Waals surface area (Å²) in [6, 6.07) is 11.3. The highest BCUT2D eigenvalue weighted by Gasteiger charge is 2.30. The van der Waals surface area contributed by atoms with Crippen molar-refractivity contribution in [2.75, 3.05) is 11.1 Å². The van der Waals surface area contributed by atoms with Crippen LogP contribution in [-0.2, 0) is 22.3 Å². The molecule has 1 aliphatic rings. The molecule has 156 valence electrons. The number of nitrogens with one attached hydrogen (secondary N) is 1. The Morgan fingerprint density at radius 1 is 1.10 bits per heavy atom. The van der Waals surface area contributed by atoms with Crippen LogP contribution < -0.4 is 5.32 Å². The molecule has 0 aliphatic carbocycles. The van der Waals surface area contributed by atoms with Crippen molar-refractivity contribution in [2.45, 2.75) is 19.6 Å². The van der Waals surface area contributed by atoms with Gasteiger partial charge in [0.2, 0.25) is 11.8 Å². The highest BCUT2D eigenvalue weighted by molar-refractivity contribution is 8.14. The molecule has 3 rings (SSSR count). The summed E-state index contributed by atoms with van der Waals surface area (Å²) < 4.78 is 37.9. The van der Waals surface area contributed by atoms with Crippen molar-refractivity contribution >= 4 is 40.1 Å². The topological polar surface area (TPSA) is 66.5 Å². The van der Waals surface area contributed by atoms with Crippen molar-refractivity contribution < 1.29 is 27.6 Å². The zero-order chi connectivity index (χ0) is 21.9. The van der Waals surface area contributed by atoms with Crippen molar-refractivity contribution in [3.05, 3.63) is 71.3 Å². The van der Waals surface area contributed by atoms with Crippen molar-refractivity contribution in [1.82, 2.24) is 4.90 Å². The minimum Gasteiger partial charge on any atom is -0.323 e. The lowest BCUT2D eigenvalue weighted by Crippen LogP contribution is -2.27. The van der Waals surface area contributed by atoms with E-state index >= 15 is 0 Å². The SMILES string of the molecule is C/C(=C/C(=O)Nc1ccc(CN2C(=O)CSC2=O)cc1)c1ccc(C(F)(F)F)cc1. The Morgan fingerprint density at radius 2 is 1.73 bits per heavy atom. The molecular formula is C21H17F3N2O3S. The van der Waals surface area contributed by atoms with Crippen LogP contribution in [0.2, 0.25) is 0 Å². The van der Waals surface area contributed by atoms with E-state index < -0.39 is 17.6 Å². The highest BCUT2D eigenvalue weighted by atomic mass is 32.2. The van der Waals surface area contributed by atoms with Gasteiger partial charge in [0, 0.05) is 11.8 Å². The van der Waals surface area contributed by atoms with E-state index in [0.29, 0.717) is 16.8 Å². The van der Waals surface area contributed by atoms with Crippen LogP contribution in [0.4, 0.5) is 23.7 Å². The Labute approximate surface area is 174 Å². The number of anilines is 1. The van der Waals surface area contributed by atoms with Crippen LogP contribution >= 0.6 is 11.8 Å². The molecule has 3 amide bonds. The summed E-state index contributed by atoms with van der Waals surface area (Å²) in [7, 11) is 0. The van der Waals surface area contributed by atoms with Gasteiger partial charge in [-0.3, -0.25) is 19.3 Å². The monoisotopic (exact) mass is 434 g/mol. The summed E-state index contributed by atoms with van der Waals surface area (Å²) in [4.78, 5) is 36.7. The minimum absolute atomic E-state index is 0.150. The molecule has 9 heteroatoms. The molecule has 0 aromatic heterocycles. The highest BCUT2D eigenvalue weighted by Crippen LogP contribution is 2.30. The number of hydrogen-bond acceptors (Lipinski definition) is 4. The van der Waals surface area contributed by atoms with E-state index in [0.717, 1.165) is 29.5 Å². The smallest absolute Gasteiger partial charge is 0.323 e. The number of amides is 3. The predicted octanol–water partition coefficient (Wildman–Crippen LogP) is 4.94. The van der Waals surface area contributed by atoms with Gasteiger partial charge in [-0.1, -0.05) is 36.0 Å². The van der Waals surface area contributed by atoms with E-state index in [-0.39, 0.29) is 23.4 Å². The first kappa shape index (κ1) is 21.6. The summed E-state index contributed by atoms with van der Waals surface area (Å²) in [6.45, 7) is 1.80. The number of alkyl halides is 3. The molecule has 2 aromatic rings. The molecule has 1 saturated heterocycles. The summed E-state index contributed by atoms with van der Waals surface area (Å²) in [5.41, 5.74) is 1.52. The Bertz CT molecular complexity index is 984. The minimum atomic E-state index is -4.41. The first-order valence-corrected chi connectivity index (χ1v) is 9.85. The van der Waals surface area contributed by atoms with Crippen molar-refractivity contribution in [2.24, 2.45) is 0 Å². The third-order valence-electron chi connectivity index (χ3n) is 4.42. The standard InChI is InChI=1S/C21H17F3N2O3S/c1-13(15-4-6-16(7-5-15)21(22,23)24)10-18(27)25-17-8-2-14(3-9-17)11-26-19(28)12-30-20(26)29/h2-10H,11-12H2,1H3,(H,25,27)/b13-10-. The van der Waals surface area contributed by atoms with Gasteiger partial charge < -0.3 is 5.32 Å². The second-order valence-electron chi connectivity index (χ2n) is 6.62. The van der Waals surface area contributed by atoms with Gasteiger partial charge in [0.25, 0.3) is 5.24 Å². The fraction of sp³-hybridized carbons (Fsp3) is 0.190. The van der Waals surface area contributed by atoms with Gasteiger partial charge in [0.1, 0.15) is 0 Å². The molecule has 0 bridgehead atoms. The maximum Gasteiger partial charge on any atom is 0.416 e. The van der Waals surface area contributed by atoms with E-state index in [1.54, 1.807) is 31.2 Å². The zero-order valence-electron chi connectivity index (χ0n) is 15.8. The molecular weight excluding hydrogens is 417 g/mol. The molecule has 1 heterocycles. The van der Waals surface area contributed by atoms with Crippen LogP contribution in [0.5, 0.6) is 0 Å². The normalized spacial score (nSPS) is 14.9. The second kappa shape index (κ2) is 8.74. The van der Waals surface area contributed by atoms with Crippen LogP contribution in [0.3, 0.4) is 0 Å². The maximum absolute atomic E-state index is 12.6. The van der Waals surface area contributed by atoms with Gasteiger partial charge in [-0.25, -0.2) is 0 Å². The van der Waals surface area contributed by atoms with Gasteiger partial charge in [-0.2, -0.15) is 13.2 Å². The predicted molar refractivity (Wildman–Crippen MR) is 109 cm³/mol. The largest absolute Gasteiger partial charge is 0.416 e. The summed E-state index contributed by atoms with van der Waals surface area (Å²) in [5, 5.41) is 2.39. The molecule has 30 heavy (non-hydrogen) atoms. The number of benzene rings is 2. The van der Waals surface area contributed by atoms with Gasteiger partial charge >= 0.3 is 6.18 Å². The lowest BCUT2D eigenvalue weighted by Gasteiger charge is -2.13. The third kappa shape index (κ3) is 5.29. The number of nitrogens with zero attached hydrogens (tertiary/aromatic N) is 1. The first-order valence-electron chi connectivity index (χ1n) is 8.86. The zero-order valence-corrected chi connectivity index (χ0v) is 16.6. The number of halogens is 3. The fourth-order valence-electron chi connectivity index (χ4n) is 2.79. The van der Waals surface area contributed by atoms with E-state index in [1.165, 1.54) is 23.1 Å². The van der Waals surface area contributed by atoms with E-state index in [2.05, 4.69) is 5.32 Å². The van der Waals surface area contributed by atoms with E-state index in [4.69, 9.17) is 0 Å². The molecule has 2 aromatic carbocycles. The number of hydrogen-bond donors (Lipinski definition) is 1. The summed E-state index contributed by atoms with van der Waals surface area (Å²) in [5.74, 6) is -0.509. The van der Waals surface area contributed by atoms with Crippen LogP contribution in [-0.4, -0.2) is 27.7 Å².